The summed E-state index contributed by atoms with van der Waals surface area (Å²) in [6, 6.07) is 6.31. The van der Waals surface area contributed by atoms with Gasteiger partial charge < -0.3 is 5.32 Å². The molecule has 17 heavy (non-hydrogen) atoms. The van der Waals surface area contributed by atoms with Gasteiger partial charge in [0.1, 0.15) is 0 Å². The summed E-state index contributed by atoms with van der Waals surface area (Å²) in [6.45, 7) is 6.64. The topological polar surface area (TPSA) is 24.9 Å². The lowest BCUT2D eigenvalue weighted by molar-refractivity contribution is 0.511. The first-order valence-electron chi connectivity index (χ1n) is 5.93. The van der Waals surface area contributed by atoms with Gasteiger partial charge in [-0.05, 0) is 24.5 Å². The molecule has 0 aliphatic rings. The van der Waals surface area contributed by atoms with Gasteiger partial charge in [0.05, 0.1) is 15.2 Å². The number of anilines is 1. The molecule has 0 fully saturated rings. The molecule has 0 aliphatic carbocycles. The Labute approximate surface area is 111 Å². The molecular formula is C13H17ClN2S. The number of nitrogens with zero attached hydrogens (tertiary/aromatic N) is 1. The van der Waals surface area contributed by atoms with Gasteiger partial charge in [0.2, 0.25) is 0 Å². The minimum Gasteiger partial charge on any atom is -0.359 e. The summed E-state index contributed by atoms with van der Waals surface area (Å²) in [7, 11) is 0. The van der Waals surface area contributed by atoms with Gasteiger partial charge in [0.15, 0.2) is 5.13 Å². The lowest BCUT2D eigenvalue weighted by Gasteiger charge is -2.19. The van der Waals surface area contributed by atoms with Gasteiger partial charge in [-0.15, -0.1) is 0 Å². The molecule has 1 heterocycles. The SMILES string of the molecule is CCC(Nc1nc2cccc(Cl)c2s1)C(C)C. The fourth-order valence-corrected chi connectivity index (χ4v) is 3.09. The van der Waals surface area contributed by atoms with Crippen molar-refractivity contribution in [1.29, 1.82) is 0 Å². The van der Waals surface area contributed by atoms with Gasteiger partial charge in [-0.2, -0.15) is 0 Å². The molecular weight excluding hydrogens is 252 g/mol. The highest BCUT2D eigenvalue weighted by molar-refractivity contribution is 7.22. The van der Waals surface area contributed by atoms with E-state index in [1.807, 2.05) is 18.2 Å². The summed E-state index contributed by atoms with van der Waals surface area (Å²) < 4.78 is 1.07. The summed E-state index contributed by atoms with van der Waals surface area (Å²) in [5, 5.41) is 5.24. The van der Waals surface area contributed by atoms with Gasteiger partial charge in [0.25, 0.3) is 0 Å². The van der Waals surface area contributed by atoms with Crippen molar-refractivity contribution >= 4 is 38.3 Å². The Bertz CT molecular complexity index is 507. The molecule has 0 aliphatic heterocycles. The van der Waals surface area contributed by atoms with E-state index >= 15 is 0 Å². The fraction of sp³-hybridized carbons (Fsp3) is 0.462. The Hall–Kier alpha value is -0.800. The molecule has 1 aromatic carbocycles. The van der Waals surface area contributed by atoms with E-state index in [9.17, 15) is 0 Å². The zero-order valence-corrected chi connectivity index (χ0v) is 11.9. The Morgan fingerprint density at radius 2 is 2.18 bits per heavy atom. The molecule has 0 saturated heterocycles. The van der Waals surface area contributed by atoms with Crippen molar-refractivity contribution in [2.24, 2.45) is 5.92 Å². The van der Waals surface area contributed by atoms with Crippen LogP contribution in [-0.2, 0) is 0 Å². The van der Waals surface area contributed by atoms with Crippen LogP contribution in [0.1, 0.15) is 27.2 Å². The zero-order valence-electron chi connectivity index (χ0n) is 10.3. The monoisotopic (exact) mass is 268 g/mol. The second kappa shape index (κ2) is 5.23. The van der Waals surface area contributed by atoms with Crippen LogP contribution in [0.5, 0.6) is 0 Å². The number of benzene rings is 1. The predicted molar refractivity (Wildman–Crippen MR) is 77.2 cm³/mol. The van der Waals surface area contributed by atoms with E-state index in [0.29, 0.717) is 12.0 Å². The third kappa shape index (κ3) is 2.72. The summed E-state index contributed by atoms with van der Waals surface area (Å²) in [5.41, 5.74) is 0.976. The van der Waals surface area contributed by atoms with Crippen LogP contribution in [0.25, 0.3) is 10.2 Å². The Kier molecular flexibility index (Phi) is 3.89. The molecule has 92 valence electrons. The second-order valence-corrected chi connectivity index (χ2v) is 5.92. The van der Waals surface area contributed by atoms with E-state index in [4.69, 9.17) is 11.6 Å². The van der Waals surface area contributed by atoms with Crippen LogP contribution in [0.3, 0.4) is 0 Å². The molecule has 2 aromatic rings. The van der Waals surface area contributed by atoms with Crippen LogP contribution in [0.15, 0.2) is 18.2 Å². The van der Waals surface area contributed by atoms with Gasteiger partial charge in [-0.1, -0.05) is 49.8 Å². The minimum atomic E-state index is 0.467. The predicted octanol–water partition coefficient (Wildman–Crippen LogP) is 4.80. The van der Waals surface area contributed by atoms with Gasteiger partial charge >= 0.3 is 0 Å². The van der Waals surface area contributed by atoms with E-state index in [0.717, 1.165) is 26.8 Å². The fourth-order valence-electron chi connectivity index (χ4n) is 1.88. The van der Waals surface area contributed by atoms with E-state index in [1.165, 1.54) is 0 Å². The molecule has 1 N–H and O–H groups in total. The molecule has 0 amide bonds. The molecule has 2 rings (SSSR count). The minimum absolute atomic E-state index is 0.467. The van der Waals surface area contributed by atoms with E-state index in [2.05, 4.69) is 31.1 Å². The molecule has 1 unspecified atom stereocenters. The van der Waals surface area contributed by atoms with Crippen molar-refractivity contribution in [2.45, 2.75) is 33.2 Å². The van der Waals surface area contributed by atoms with Crippen molar-refractivity contribution in [3.63, 3.8) is 0 Å². The molecule has 1 aromatic heterocycles. The van der Waals surface area contributed by atoms with E-state index in [1.54, 1.807) is 11.3 Å². The summed E-state index contributed by atoms with van der Waals surface area (Å²) in [6.07, 6.45) is 1.10. The normalized spacial score (nSPS) is 13.2. The molecule has 0 spiro atoms. The summed E-state index contributed by atoms with van der Waals surface area (Å²) >= 11 is 7.78. The average molecular weight is 269 g/mol. The number of fused-ring (bicyclic) bond motifs is 1. The molecule has 0 radical (unpaired) electrons. The van der Waals surface area contributed by atoms with Crippen LogP contribution in [-0.4, -0.2) is 11.0 Å². The number of hydrogen-bond acceptors (Lipinski definition) is 3. The quantitative estimate of drug-likeness (QED) is 0.862. The largest absolute Gasteiger partial charge is 0.359 e. The highest BCUT2D eigenvalue weighted by atomic mass is 35.5. The van der Waals surface area contributed by atoms with Gasteiger partial charge in [-0.25, -0.2) is 4.98 Å². The number of thiazole rings is 1. The lowest BCUT2D eigenvalue weighted by Crippen LogP contribution is -2.24. The van der Waals surface area contributed by atoms with Crippen LogP contribution >= 0.6 is 22.9 Å². The molecule has 0 bridgehead atoms. The Balaban J connectivity index is 2.28. The van der Waals surface area contributed by atoms with Crippen molar-refractivity contribution in [3.8, 4) is 0 Å². The maximum absolute atomic E-state index is 6.15. The molecule has 1 atom stereocenters. The maximum Gasteiger partial charge on any atom is 0.184 e. The average Bonchev–Trinajstić information content (AvgIpc) is 2.69. The van der Waals surface area contributed by atoms with Gasteiger partial charge in [-0.3, -0.25) is 0 Å². The summed E-state index contributed by atoms with van der Waals surface area (Å²) in [4.78, 5) is 4.57. The number of hydrogen-bond donors (Lipinski definition) is 1. The number of halogens is 1. The Morgan fingerprint density at radius 3 is 2.76 bits per heavy atom. The van der Waals surface area contributed by atoms with Crippen LogP contribution in [0.2, 0.25) is 5.02 Å². The number of rotatable bonds is 4. The molecule has 4 heteroatoms. The standard InChI is InChI=1S/C13H17ClN2S/c1-4-10(8(2)3)15-13-16-11-7-5-6-9(14)12(11)17-13/h5-8,10H,4H2,1-3H3,(H,15,16). The third-order valence-corrected chi connectivity index (χ3v) is 4.38. The number of aromatic nitrogens is 1. The third-order valence-electron chi connectivity index (χ3n) is 2.92. The van der Waals surface area contributed by atoms with E-state index < -0.39 is 0 Å². The van der Waals surface area contributed by atoms with E-state index in [-0.39, 0.29) is 0 Å². The van der Waals surface area contributed by atoms with Crippen molar-refractivity contribution in [3.05, 3.63) is 23.2 Å². The first kappa shape index (κ1) is 12.7. The number of nitrogens with one attached hydrogen (secondary N) is 1. The first-order chi connectivity index (χ1) is 8.11. The molecule has 2 nitrogen and oxygen atoms in total. The zero-order chi connectivity index (χ0) is 12.4. The maximum atomic E-state index is 6.15. The summed E-state index contributed by atoms with van der Waals surface area (Å²) in [5.74, 6) is 0.600. The highest BCUT2D eigenvalue weighted by Crippen LogP contribution is 2.32. The van der Waals surface area contributed by atoms with Crippen LogP contribution < -0.4 is 5.32 Å². The van der Waals surface area contributed by atoms with Crippen molar-refractivity contribution in [1.82, 2.24) is 4.98 Å². The smallest absolute Gasteiger partial charge is 0.184 e. The first-order valence-corrected chi connectivity index (χ1v) is 7.12. The van der Waals surface area contributed by atoms with Crippen molar-refractivity contribution in [2.75, 3.05) is 5.32 Å². The van der Waals surface area contributed by atoms with Crippen LogP contribution in [0.4, 0.5) is 5.13 Å². The lowest BCUT2D eigenvalue weighted by atomic mass is 10.0. The molecule has 0 saturated carbocycles. The Morgan fingerprint density at radius 1 is 1.41 bits per heavy atom. The second-order valence-electron chi connectivity index (χ2n) is 4.51. The van der Waals surface area contributed by atoms with Gasteiger partial charge in [0, 0.05) is 6.04 Å². The highest BCUT2D eigenvalue weighted by Gasteiger charge is 2.13. The van der Waals surface area contributed by atoms with Crippen molar-refractivity contribution < 1.29 is 0 Å². The van der Waals surface area contributed by atoms with Crippen LogP contribution in [0, 0.1) is 5.92 Å².